The van der Waals surface area contributed by atoms with Gasteiger partial charge in [-0.1, -0.05) is 26.8 Å². The Labute approximate surface area is 95.0 Å². The first-order valence-electron chi connectivity index (χ1n) is 5.27. The summed E-state index contributed by atoms with van der Waals surface area (Å²) in [7, 11) is 0. The van der Waals surface area contributed by atoms with Gasteiger partial charge < -0.3 is 4.74 Å². The van der Waals surface area contributed by atoms with Crippen LogP contribution in [-0.4, -0.2) is 18.5 Å². The first-order valence-corrected chi connectivity index (χ1v) is 6.15. The number of hydrogen-bond acceptors (Lipinski definition) is 3. The summed E-state index contributed by atoms with van der Waals surface area (Å²) in [6.45, 7) is 7.36. The Morgan fingerprint density at radius 1 is 1.53 bits per heavy atom. The minimum atomic E-state index is 0.206. The van der Waals surface area contributed by atoms with Gasteiger partial charge >= 0.3 is 0 Å². The van der Waals surface area contributed by atoms with Crippen molar-refractivity contribution in [3.63, 3.8) is 0 Å². The Hall–Kier alpha value is -0.830. The van der Waals surface area contributed by atoms with Crippen LogP contribution in [0.3, 0.4) is 0 Å². The Morgan fingerprint density at radius 2 is 2.33 bits per heavy atom. The summed E-state index contributed by atoms with van der Waals surface area (Å²) in [5.41, 5.74) is 0.206. The molecule has 1 aliphatic heterocycles. The van der Waals surface area contributed by atoms with E-state index in [9.17, 15) is 0 Å². The predicted octanol–water partition coefficient (Wildman–Crippen LogP) is 3.13. The number of ether oxygens (including phenoxy) is 1. The Bertz CT molecular complexity index is 348. The molecule has 1 aliphatic rings. The molecule has 2 heterocycles. The molecule has 0 unspecified atom stereocenters. The molecular formula is C12H17NOS. The smallest absolute Gasteiger partial charge is 0.189 e. The highest BCUT2D eigenvalue weighted by Crippen LogP contribution is 2.26. The lowest BCUT2D eigenvalue weighted by Crippen LogP contribution is -2.25. The highest BCUT2D eigenvalue weighted by Gasteiger charge is 2.29. The van der Waals surface area contributed by atoms with Crippen molar-refractivity contribution in [1.82, 2.24) is 0 Å². The van der Waals surface area contributed by atoms with Gasteiger partial charge in [0.2, 0.25) is 0 Å². The standard InChI is InChI=1S/C12H17NOS/c1-12(2,3)10-8-14-11(13-10)7-9-5-4-6-15-9/h4-6,10H,7-8H2,1-3H3/t10-/m0/s1. The largest absolute Gasteiger partial charge is 0.478 e. The number of nitrogens with zero attached hydrogens (tertiary/aromatic N) is 1. The van der Waals surface area contributed by atoms with E-state index >= 15 is 0 Å². The van der Waals surface area contributed by atoms with Crippen LogP contribution in [0.1, 0.15) is 25.6 Å². The van der Waals surface area contributed by atoms with E-state index in [1.54, 1.807) is 11.3 Å². The molecule has 0 bridgehead atoms. The zero-order valence-corrected chi connectivity index (χ0v) is 10.3. The van der Waals surface area contributed by atoms with Crippen LogP contribution >= 0.6 is 11.3 Å². The summed E-state index contributed by atoms with van der Waals surface area (Å²) in [6, 6.07) is 4.50. The number of aliphatic imine (C=N–C) groups is 1. The maximum Gasteiger partial charge on any atom is 0.189 e. The molecule has 1 atom stereocenters. The van der Waals surface area contributed by atoms with E-state index in [0.717, 1.165) is 18.9 Å². The van der Waals surface area contributed by atoms with Crippen LogP contribution in [0.15, 0.2) is 22.5 Å². The molecule has 2 rings (SSSR count). The average Bonchev–Trinajstić information content (AvgIpc) is 2.73. The maximum atomic E-state index is 5.62. The van der Waals surface area contributed by atoms with Gasteiger partial charge in [-0.25, -0.2) is 4.99 Å². The topological polar surface area (TPSA) is 21.6 Å². The van der Waals surface area contributed by atoms with Crippen molar-refractivity contribution >= 4 is 17.2 Å². The number of thiophene rings is 1. The lowest BCUT2D eigenvalue weighted by molar-refractivity contribution is 0.234. The van der Waals surface area contributed by atoms with E-state index in [-0.39, 0.29) is 5.41 Å². The second-order valence-electron chi connectivity index (χ2n) is 4.97. The fourth-order valence-electron chi connectivity index (χ4n) is 1.53. The van der Waals surface area contributed by atoms with Gasteiger partial charge in [-0.2, -0.15) is 0 Å². The molecule has 1 aromatic rings. The zero-order chi connectivity index (χ0) is 10.9. The highest BCUT2D eigenvalue weighted by molar-refractivity contribution is 7.10. The molecule has 0 amide bonds. The second kappa shape index (κ2) is 3.97. The van der Waals surface area contributed by atoms with Crippen molar-refractivity contribution in [3.05, 3.63) is 22.4 Å². The molecule has 0 aromatic carbocycles. The monoisotopic (exact) mass is 223 g/mol. The molecule has 0 N–H and O–H groups in total. The van der Waals surface area contributed by atoms with Crippen molar-refractivity contribution < 1.29 is 4.74 Å². The van der Waals surface area contributed by atoms with E-state index in [4.69, 9.17) is 4.74 Å². The van der Waals surface area contributed by atoms with Crippen LogP contribution in [0.4, 0.5) is 0 Å². The summed E-state index contributed by atoms with van der Waals surface area (Å²) < 4.78 is 5.62. The highest BCUT2D eigenvalue weighted by atomic mass is 32.1. The van der Waals surface area contributed by atoms with Gasteiger partial charge in [0.1, 0.15) is 6.61 Å². The molecule has 0 radical (unpaired) electrons. The molecule has 0 saturated heterocycles. The number of rotatable bonds is 2. The van der Waals surface area contributed by atoms with Gasteiger partial charge in [-0.15, -0.1) is 11.3 Å². The van der Waals surface area contributed by atoms with Gasteiger partial charge in [-0.05, 0) is 16.9 Å². The van der Waals surface area contributed by atoms with Gasteiger partial charge in [0.05, 0.1) is 12.5 Å². The van der Waals surface area contributed by atoms with Crippen LogP contribution in [-0.2, 0) is 11.2 Å². The van der Waals surface area contributed by atoms with Crippen LogP contribution in [0, 0.1) is 5.41 Å². The van der Waals surface area contributed by atoms with Gasteiger partial charge in [0.15, 0.2) is 5.90 Å². The zero-order valence-electron chi connectivity index (χ0n) is 9.49. The summed E-state index contributed by atoms with van der Waals surface area (Å²) in [4.78, 5) is 5.96. The van der Waals surface area contributed by atoms with Crippen molar-refractivity contribution in [2.24, 2.45) is 10.4 Å². The fraction of sp³-hybridized carbons (Fsp3) is 0.583. The maximum absolute atomic E-state index is 5.62. The molecule has 0 spiro atoms. The fourth-order valence-corrected chi connectivity index (χ4v) is 2.22. The van der Waals surface area contributed by atoms with Crippen LogP contribution in [0.25, 0.3) is 0 Å². The summed E-state index contributed by atoms with van der Waals surface area (Å²) in [5.74, 6) is 0.900. The van der Waals surface area contributed by atoms with Crippen molar-refractivity contribution in [2.75, 3.05) is 6.61 Å². The molecule has 1 aromatic heterocycles. The Morgan fingerprint density at radius 3 is 2.87 bits per heavy atom. The first kappa shape index (κ1) is 10.7. The van der Waals surface area contributed by atoms with E-state index in [0.29, 0.717) is 6.04 Å². The molecule has 0 aliphatic carbocycles. The summed E-state index contributed by atoms with van der Waals surface area (Å²) >= 11 is 1.76. The molecule has 2 nitrogen and oxygen atoms in total. The molecule has 0 fully saturated rings. The van der Waals surface area contributed by atoms with Crippen LogP contribution in [0.5, 0.6) is 0 Å². The molecule has 82 valence electrons. The summed E-state index contributed by atoms with van der Waals surface area (Å²) in [5, 5.41) is 2.09. The third-order valence-electron chi connectivity index (χ3n) is 2.61. The minimum Gasteiger partial charge on any atom is -0.478 e. The van der Waals surface area contributed by atoms with E-state index < -0.39 is 0 Å². The lowest BCUT2D eigenvalue weighted by atomic mass is 9.88. The SMILES string of the molecule is CC(C)(C)[C@@H]1COC(Cc2cccs2)=N1. The van der Waals surface area contributed by atoms with Gasteiger partial charge in [0.25, 0.3) is 0 Å². The summed E-state index contributed by atoms with van der Waals surface area (Å²) in [6.07, 6.45) is 0.851. The van der Waals surface area contributed by atoms with E-state index in [1.165, 1.54) is 4.88 Å². The average molecular weight is 223 g/mol. The van der Waals surface area contributed by atoms with Gasteiger partial charge in [-0.3, -0.25) is 0 Å². The second-order valence-corrected chi connectivity index (χ2v) is 6.00. The minimum absolute atomic E-state index is 0.206. The van der Waals surface area contributed by atoms with Gasteiger partial charge in [0, 0.05) is 4.88 Å². The normalized spacial score (nSPS) is 21.3. The Balaban J connectivity index is 2.01. The van der Waals surface area contributed by atoms with Crippen molar-refractivity contribution in [2.45, 2.75) is 33.2 Å². The number of hydrogen-bond donors (Lipinski definition) is 0. The Kier molecular flexibility index (Phi) is 2.83. The van der Waals surface area contributed by atoms with Crippen molar-refractivity contribution in [3.8, 4) is 0 Å². The molecule has 0 saturated carbocycles. The molecular weight excluding hydrogens is 206 g/mol. The van der Waals surface area contributed by atoms with Crippen LogP contribution in [0.2, 0.25) is 0 Å². The lowest BCUT2D eigenvalue weighted by Gasteiger charge is -2.21. The predicted molar refractivity (Wildman–Crippen MR) is 64.7 cm³/mol. The first-order chi connectivity index (χ1) is 7.05. The van der Waals surface area contributed by atoms with Crippen molar-refractivity contribution in [1.29, 1.82) is 0 Å². The molecule has 3 heteroatoms. The third kappa shape index (κ3) is 2.59. The van der Waals surface area contributed by atoms with Crippen LogP contribution < -0.4 is 0 Å². The quantitative estimate of drug-likeness (QED) is 0.755. The molecule has 15 heavy (non-hydrogen) atoms. The van der Waals surface area contributed by atoms with E-state index in [2.05, 4.69) is 43.3 Å². The van der Waals surface area contributed by atoms with E-state index in [1.807, 2.05) is 0 Å². The third-order valence-corrected chi connectivity index (χ3v) is 3.49.